The maximum atomic E-state index is 15.4. The molecule has 3 atom stereocenters. The predicted octanol–water partition coefficient (Wildman–Crippen LogP) is 4.55. The second kappa shape index (κ2) is 7.34. The van der Waals surface area contributed by atoms with E-state index in [1.54, 1.807) is 0 Å². The van der Waals surface area contributed by atoms with Gasteiger partial charge in [-0.3, -0.25) is 9.63 Å². The van der Waals surface area contributed by atoms with Crippen LogP contribution in [-0.2, 0) is 14.4 Å². The number of rotatable bonds is 6. The molecule has 1 aromatic rings. The van der Waals surface area contributed by atoms with E-state index in [4.69, 9.17) is 0 Å². The lowest BCUT2D eigenvalue weighted by molar-refractivity contribution is -0.400. The summed E-state index contributed by atoms with van der Waals surface area (Å²) in [5.74, 6) is -21.9. The fourth-order valence-electron chi connectivity index (χ4n) is 2.95. The van der Waals surface area contributed by atoms with Crippen molar-refractivity contribution in [2.45, 2.75) is 36.0 Å². The number of hydrogen-bond acceptors (Lipinski definition) is 4. The molecule has 1 aliphatic rings. The molecule has 12 heteroatoms. The molecule has 0 radical (unpaired) electrons. The highest BCUT2D eigenvalue weighted by Gasteiger charge is 2.85. The first-order valence-electron chi connectivity index (χ1n) is 7.87. The summed E-state index contributed by atoms with van der Waals surface area (Å²) >= 11 is 4.11. The number of esters is 1. The smallest absolute Gasteiger partial charge is 0.392 e. The van der Waals surface area contributed by atoms with Gasteiger partial charge >= 0.3 is 29.1 Å². The SMILES string of the molecule is CCOC(=O)[C@@H]1[C@H](c2ccccc2)N(C)O[C@@]1(F)C(F)(F)C(F)(F)C(F)(F)Cl. The highest BCUT2D eigenvalue weighted by Crippen LogP contribution is 2.60. The Balaban J connectivity index is 2.65. The van der Waals surface area contributed by atoms with Gasteiger partial charge in [-0.1, -0.05) is 30.3 Å². The maximum Gasteiger partial charge on any atom is 0.392 e. The van der Waals surface area contributed by atoms with Gasteiger partial charge in [0.05, 0.1) is 12.6 Å². The van der Waals surface area contributed by atoms with Crippen LogP contribution < -0.4 is 0 Å². The highest BCUT2D eigenvalue weighted by molar-refractivity contribution is 6.22. The van der Waals surface area contributed by atoms with Crippen LogP contribution in [-0.4, -0.2) is 47.8 Å². The van der Waals surface area contributed by atoms with Gasteiger partial charge in [-0.2, -0.15) is 31.4 Å². The van der Waals surface area contributed by atoms with Crippen LogP contribution in [0.2, 0.25) is 0 Å². The van der Waals surface area contributed by atoms with Crippen molar-refractivity contribution in [2.75, 3.05) is 13.7 Å². The first kappa shape index (κ1) is 22.7. The van der Waals surface area contributed by atoms with E-state index in [-0.39, 0.29) is 5.56 Å². The Bertz CT molecular complexity index is 716. The van der Waals surface area contributed by atoms with Crippen LogP contribution in [0.5, 0.6) is 0 Å². The predicted molar refractivity (Wildman–Crippen MR) is 82.7 cm³/mol. The van der Waals surface area contributed by atoms with Gasteiger partial charge in [0.1, 0.15) is 5.92 Å². The van der Waals surface area contributed by atoms with E-state index in [1.165, 1.54) is 37.3 Å². The first-order valence-corrected chi connectivity index (χ1v) is 8.25. The van der Waals surface area contributed by atoms with Gasteiger partial charge in [-0.25, -0.2) is 4.39 Å². The first-order chi connectivity index (χ1) is 12.7. The molecule has 1 aliphatic heterocycles. The normalized spacial score (nSPS) is 27.1. The van der Waals surface area contributed by atoms with Crippen LogP contribution in [0.1, 0.15) is 18.5 Å². The van der Waals surface area contributed by atoms with Crippen LogP contribution in [0, 0.1) is 5.92 Å². The van der Waals surface area contributed by atoms with E-state index in [0.29, 0.717) is 5.06 Å². The standard InChI is InChI=1S/C16H15ClF7NO3/c1-3-27-12(26)10-11(9-7-5-4-6-8-9)25(2)28-13(10,18)14(19,20)15(21,22)16(17,23)24/h4-8,10-11H,3H2,1-2H3/t10-,11-,13+/m0/s1. The number of hydrogen-bond donors (Lipinski definition) is 0. The van der Waals surface area contributed by atoms with Gasteiger partial charge in [-0.05, 0) is 24.1 Å². The quantitative estimate of drug-likeness (QED) is 0.372. The fraction of sp³-hybridized carbons (Fsp3) is 0.562. The molecular formula is C16H15ClF7NO3. The Morgan fingerprint density at radius 2 is 1.75 bits per heavy atom. The molecule has 158 valence electrons. The summed E-state index contributed by atoms with van der Waals surface area (Å²) in [5.41, 5.74) is 0.0272. The molecule has 1 fully saturated rings. The number of carbonyl (C=O) groups is 1. The molecule has 0 aromatic heterocycles. The molecule has 28 heavy (non-hydrogen) atoms. The zero-order valence-corrected chi connectivity index (χ0v) is 15.2. The average Bonchev–Trinajstić information content (AvgIpc) is 2.86. The molecule has 2 rings (SSSR count). The van der Waals surface area contributed by atoms with E-state index in [1.807, 2.05) is 0 Å². The number of benzene rings is 1. The van der Waals surface area contributed by atoms with E-state index < -0.39 is 47.6 Å². The van der Waals surface area contributed by atoms with E-state index >= 15 is 4.39 Å². The minimum atomic E-state index is -6.40. The Kier molecular flexibility index (Phi) is 5.95. The lowest BCUT2D eigenvalue weighted by Crippen LogP contribution is -2.65. The van der Waals surface area contributed by atoms with Crippen molar-refractivity contribution < 1.29 is 45.1 Å². The zero-order valence-electron chi connectivity index (χ0n) is 14.4. The van der Waals surface area contributed by atoms with Gasteiger partial charge < -0.3 is 4.74 Å². The maximum absolute atomic E-state index is 15.4. The molecule has 0 saturated carbocycles. The number of ether oxygens (including phenoxy) is 1. The molecule has 0 aliphatic carbocycles. The number of halogens is 8. The molecule has 0 N–H and O–H groups in total. The molecular weight excluding hydrogens is 423 g/mol. The Hall–Kier alpha value is -1.59. The van der Waals surface area contributed by atoms with Crippen molar-refractivity contribution in [3.8, 4) is 0 Å². The van der Waals surface area contributed by atoms with Crippen LogP contribution in [0.15, 0.2) is 30.3 Å². The zero-order chi connectivity index (χ0) is 21.5. The largest absolute Gasteiger partial charge is 0.466 e. The Morgan fingerprint density at radius 3 is 2.21 bits per heavy atom. The topological polar surface area (TPSA) is 38.8 Å². The van der Waals surface area contributed by atoms with Gasteiger partial charge in [-0.15, -0.1) is 0 Å². The van der Waals surface area contributed by atoms with Crippen molar-refractivity contribution in [2.24, 2.45) is 5.92 Å². The lowest BCUT2D eigenvalue weighted by Gasteiger charge is -2.37. The third-order valence-corrected chi connectivity index (χ3v) is 4.48. The molecule has 0 bridgehead atoms. The summed E-state index contributed by atoms with van der Waals surface area (Å²) in [6.45, 7) is 0.846. The second-order valence-electron chi connectivity index (χ2n) is 6.01. The van der Waals surface area contributed by atoms with Gasteiger partial charge in [0.15, 0.2) is 0 Å². The molecule has 1 saturated heterocycles. The number of carbonyl (C=O) groups excluding carboxylic acids is 1. The fourth-order valence-corrected chi connectivity index (χ4v) is 3.06. The van der Waals surface area contributed by atoms with Crippen molar-refractivity contribution >= 4 is 17.6 Å². The van der Waals surface area contributed by atoms with Gasteiger partial charge in [0, 0.05) is 7.05 Å². The third-order valence-electron chi connectivity index (χ3n) is 4.24. The Morgan fingerprint density at radius 1 is 1.21 bits per heavy atom. The second-order valence-corrected chi connectivity index (χ2v) is 6.49. The van der Waals surface area contributed by atoms with Crippen molar-refractivity contribution in [1.29, 1.82) is 0 Å². The minimum Gasteiger partial charge on any atom is -0.466 e. The van der Waals surface area contributed by atoms with E-state index in [2.05, 4.69) is 21.2 Å². The van der Waals surface area contributed by atoms with Crippen LogP contribution in [0.4, 0.5) is 30.7 Å². The van der Waals surface area contributed by atoms with Crippen LogP contribution in [0.25, 0.3) is 0 Å². The van der Waals surface area contributed by atoms with E-state index in [9.17, 15) is 31.1 Å². The Labute approximate surface area is 160 Å². The summed E-state index contributed by atoms with van der Waals surface area (Å²) in [5, 5.41) is -5.45. The summed E-state index contributed by atoms with van der Waals surface area (Å²) < 4.78 is 102. The van der Waals surface area contributed by atoms with Gasteiger partial charge in [0.2, 0.25) is 0 Å². The molecule has 1 heterocycles. The van der Waals surface area contributed by atoms with Crippen LogP contribution >= 0.6 is 11.6 Å². The highest BCUT2D eigenvalue weighted by atomic mass is 35.5. The van der Waals surface area contributed by atoms with Crippen molar-refractivity contribution in [3.63, 3.8) is 0 Å². The number of alkyl halides is 8. The summed E-state index contributed by atoms with van der Waals surface area (Å²) in [6.07, 6.45) is 0. The molecule has 0 spiro atoms. The third kappa shape index (κ3) is 3.33. The van der Waals surface area contributed by atoms with Crippen molar-refractivity contribution in [1.82, 2.24) is 5.06 Å². The van der Waals surface area contributed by atoms with Crippen LogP contribution in [0.3, 0.4) is 0 Å². The monoisotopic (exact) mass is 437 g/mol. The lowest BCUT2D eigenvalue weighted by atomic mass is 9.83. The van der Waals surface area contributed by atoms with Crippen molar-refractivity contribution in [3.05, 3.63) is 35.9 Å². The minimum absolute atomic E-state index is 0.0272. The molecule has 1 aromatic carbocycles. The summed E-state index contributed by atoms with van der Waals surface area (Å²) in [6, 6.07) is 5.23. The molecule has 0 amide bonds. The molecule has 0 unspecified atom stereocenters. The number of hydroxylamine groups is 2. The summed E-state index contributed by atoms with van der Waals surface area (Å²) in [4.78, 5) is 16.5. The number of nitrogens with zero attached hydrogens (tertiary/aromatic N) is 1. The summed E-state index contributed by atoms with van der Waals surface area (Å²) in [7, 11) is 0.887. The molecule has 4 nitrogen and oxygen atoms in total. The van der Waals surface area contributed by atoms with E-state index in [0.717, 1.165) is 7.05 Å². The average molecular weight is 438 g/mol. The van der Waals surface area contributed by atoms with Gasteiger partial charge in [0.25, 0.3) is 0 Å².